The maximum absolute atomic E-state index is 10.7. The van der Waals surface area contributed by atoms with E-state index in [1.165, 1.54) is 23.9 Å². The Morgan fingerprint density at radius 1 is 1.17 bits per heavy atom. The fourth-order valence-electron chi connectivity index (χ4n) is 1.44. The Kier molecular flexibility index (Phi) is 3.88. The van der Waals surface area contributed by atoms with E-state index >= 15 is 0 Å². The molecule has 0 saturated heterocycles. The molecule has 0 atom stereocenters. The van der Waals surface area contributed by atoms with Crippen molar-refractivity contribution in [2.45, 2.75) is 9.79 Å². The largest absolute Gasteiger partial charge is 0.398 e. The van der Waals surface area contributed by atoms with Gasteiger partial charge in [0, 0.05) is 32.1 Å². The molecule has 0 aliphatic heterocycles. The van der Waals surface area contributed by atoms with Crippen molar-refractivity contribution in [3.05, 3.63) is 57.1 Å². The normalized spacial score (nSPS) is 10.3. The van der Waals surface area contributed by atoms with E-state index < -0.39 is 4.92 Å². The second-order valence-electron chi connectivity index (χ2n) is 3.58. The van der Waals surface area contributed by atoms with Crippen LogP contribution >= 0.6 is 27.7 Å². The van der Waals surface area contributed by atoms with E-state index in [1.807, 2.05) is 24.3 Å². The molecule has 2 rings (SSSR count). The van der Waals surface area contributed by atoms with Crippen LogP contribution in [0.5, 0.6) is 0 Å². The summed E-state index contributed by atoms with van der Waals surface area (Å²) < 4.78 is 0.964. The molecule has 6 heteroatoms. The van der Waals surface area contributed by atoms with Gasteiger partial charge in [0.2, 0.25) is 0 Å². The summed E-state index contributed by atoms with van der Waals surface area (Å²) in [5.41, 5.74) is 6.05. The minimum atomic E-state index is -0.443. The molecule has 2 aromatic carbocycles. The lowest BCUT2D eigenvalue weighted by molar-refractivity contribution is -0.385. The first-order valence-electron chi connectivity index (χ1n) is 5.03. The van der Waals surface area contributed by atoms with Crippen LogP contribution in [-0.4, -0.2) is 4.92 Å². The van der Waals surface area contributed by atoms with Crippen LogP contribution in [0.4, 0.5) is 11.4 Å². The lowest BCUT2D eigenvalue weighted by Gasteiger charge is -2.03. The molecule has 18 heavy (non-hydrogen) atoms. The predicted octanol–water partition coefficient (Wildman–Crippen LogP) is 4.09. The number of benzene rings is 2. The van der Waals surface area contributed by atoms with Crippen LogP contribution in [-0.2, 0) is 0 Å². The number of hydrogen-bond donors (Lipinski definition) is 1. The van der Waals surface area contributed by atoms with Crippen molar-refractivity contribution in [2.75, 3.05) is 5.73 Å². The molecule has 0 fully saturated rings. The van der Waals surface area contributed by atoms with Gasteiger partial charge in [-0.3, -0.25) is 10.1 Å². The van der Waals surface area contributed by atoms with Gasteiger partial charge in [-0.15, -0.1) is 0 Å². The van der Waals surface area contributed by atoms with Crippen LogP contribution < -0.4 is 5.73 Å². The van der Waals surface area contributed by atoms with E-state index in [1.54, 1.807) is 6.07 Å². The number of nitro benzene ring substituents is 1. The second-order valence-corrected chi connectivity index (χ2v) is 5.64. The summed E-state index contributed by atoms with van der Waals surface area (Å²) >= 11 is 4.81. The number of rotatable bonds is 3. The highest BCUT2D eigenvalue weighted by atomic mass is 79.9. The molecular weight excluding hydrogens is 316 g/mol. The van der Waals surface area contributed by atoms with Crippen molar-refractivity contribution in [3.63, 3.8) is 0 Å². The number of non-ortho nitro benzene ring substituents is 1. The van der Waals surface area contributed by atoms with E-state index in [-0.39, 0.29) is 5.69 Å². The zero-order valence-electron chi connectivity index (χ0n) is 9.17. The van der Waals surface area contributed by atoms with Gasteiger partial charge in [0.15, 0.2) is 0 Å². The summed E-state index contributed by atoms with van der Waals surface area (Å²) in [4.78, 5) is 12.0. The topological polar surface area (TPSA) is 69.2 Å². The van der Waals surface area contributed by atoms with Crippen LogP contribution in [0.2, 0.25) is 0 Å². The van der Waals surface area contributed by atoms with E-state index in [4.69, 9.17) is 5.73 Å². The summed E-state index contributed by atoms with van der Waals surface area (Å²) in [6, 6.07) is 12.3. The maximum Gasteiger partial charge on any atom is 0.272 e. The molecule has 4 nitrogen and oxygen atoms in total. The minimum absolute atomic E-state index is 0.00694. The molecule has 2 aromatic rings. The van der Waals surface area contributed by atoms with Crippen molar-refractivity contribution >= 4 is 39.1 Å². The molecule has 0 aromatic heterocycles. The Morgan fingerprint density at radius 3 is 2.61 bits per heavy atom. The van der Waals surface area contributed by atoms with Crippen molar-refractivity contribution < 1.29 is 4.92 Å². The predicted molar refractivity (Wildman–Crippen MR) is 75.8 cm³/mol. The lowest BCUT2D eigenvalue weighted by Crippen LogP contribution is -1.92. The van der Waals surface area contributed by atoms with Crippen LogP contribution in [0.25, 0.3) is 0 Å². The van der Waals surface area contributed by atoms with Gasteiger partial charge >= 0.3 is 0 Å². The monoisotopic (exact) mass is 324 g/mol. The van der Waals surface area contributed by atoms with Crippen molar-refractivity contribution in [2.24, 2.45) is 0 Å². The third kappa shape index (κ3) is 3.24. The van der Waals surface area contributed by atoms with Crippen LogP contribution in [0.15, 0.2) is 56.7 Å². The Bertz CT molecular complexity index is 604. The highest BCUT2D eigenvalue weighted by Crippen LogP contribution is 2.33. The molecule has 0 aliphatic carbocycles. The Hall–Kier alpha value is -1.53. The molecule has 0 amide bonds. The first-order valence-corrected chi connectivity index (χ1v) is 6.64. The van der Waals surface area contributed by atoms with Gasteiger partial charge < -0.3 is 5.73 Å². The summed E-state index contributed by atoms with van der Waals surface area (Å²) in [6.45, 7) is 0. The molecule has 0 radical (unpaired) electrons. The molecule has 0 bridgehead atoms. The van der Waals surface area contributed by atoms with Crippen molar-refractivity contribution in [3.8, 4) is 0 Å². The van der Waals surface area contributed by atoms with Gasteiger partial charge in [-0.05, 0) is 24.3 Å². The standard InChI is InChI=1S/C12H9BrN2O2S/c13-8-2-1-3-11(4-8)18-12-6-9(14)5-10(7-12)15(16)17/h1-7H,14H2. The van der Waals surface area contributed by atoms with Crippen molar-refractivity contribution in [1.29, 1.82) is 0 Å². The van der Waals surface area contributed by atoms with Gasteiger partial charge in [-0.1, -0.05) is 33.8 Å². The molecule has 2 N–H and O–H groups in total. The molecule has 0 heterocycles. The molecular formula is C12H9BrN2O2S. The third-order valence-corrected chi connectivity index (χ3v) is 3.61. The van der Waals surface area contributed by atoms with Crippen LogP contribution in [0.3, 0.4) is 0 Å². The number of anilines is 1. The van der Waals surface area contributed by atoms with Gasteiger partial charge in [0.05, 0.1) is 4.92 Å². The smallest absolute Gasteiger partial charge is 0.272 e. The fraction of sp³-hybridized carbons (Fsp3) is 0. The number of halogens is 1. The number of nitrogens with zero attached hydrogens (tertiary/aromatic N) is 1. The number of nitrogen functional groups attached to an aromatic ring is 1. The Labute approximate surface area is 116 Å². The van der Waals surface area contributed by atoms with Crippen LogP contribution in [0.1, 0.15) is 0 Å². The van der Waals surface area contributed by atoms with Gasteiger partial charge in [0.25, 0.3) is 5.69 Å². The van der Waals surface area contributed by atoms with E-state index in [9.17, 15) is 10.1 Å². The minimum Gasteiger partial charge on any atom is -0.398 e. The highest BCUT2D eigenvalue weighted by molar-refractivity contribution is 9.10. The van der Waals surface area contributed by atoms with Gasteiger partial charge in [-0.25, -0.2) is 0 Å². The maximum atomic E-state index is 10.7. The number of nitro groups is 1. The van der Waals surface area contributed by atoms with Gasteiger partial charge in [-0.2, -0.15) is 0 Å². The van der Waals surface area contributed by atoms with E-state index in [0.717, 1.165) is 14.3 Å². The zero-order chi connectivity index (χ0) is 13.1. The SMILES string of the molecule is Nc1cc(Sc2cccc(Br)c2)cc([N+](=O)[O-])c1. The Morgan fingerprint density at radius 2 is 1.94 bits per heavy atom. The fourth-order valence-corrected chi connectivity index (χ4v) is 2.97. The summed E-state index contributed by atoms with van der Waals surface area (Å²) in [6.07, 6.45) is 0. The van der Waals surface area contributed by atoms with Crippen LogP contribution in [0, 0.1) is 10.1 Å². The first-order chi connectivity index (χ1) is 8.54. The lowest BCUT2D eigenvalue weighted by atomic mass is 10.3. The van der Waals surface area contributed by atoms with E-state index in [0.29, 0.717) is 5.69 Å². The molecule has 0 saturated carbocycles. The zero-order valence-corrected chi connectivity index (χ0v) is 11.6. The first kappa shape index (κ1) is 12.9. The molecule has 92 valence electrons. The number of nitrogens with two attached hydrogens (primary N) is 1. The van der Waals surface area contributed by atoms with Gasteiger partial charge in [0.1, 0.15) is 0 Å². The molecule has 0 unspecified atom stereocenters. The average Bonchev–Trinajstić information content (AvgIpc) is 2.28. The second kappa shape index (κ2) is 5.41. The highest BCUT2D eigenvalue weighted by Gasteiger charge is 2.09. The quantitative estimate of drug-likeness (QED) is 0.524. The summed E-state index contributed by atoms with van der Waals surface area (Å²) in [5, 5.41) is 10.7. The Balaban J connectivity index is 2.31. The average molecular weight is 325 g/mol. The third-order valence-electron chi connectivity index (χ3n) is 2.16. The van der Waals surface area contributed by atoms with Crippen molar-refractivity contribution in [1.82, 2.24) is 0 Å². The molecule has 0 aliphatic rings. The molecule has 0 spiro atoms. The summed E-state index contributed by atoms with van der Waals surface area (Å²) in [7, 11) is 0. The van der Waals surface area contributed by atoms with E-state index in [2.05, 4.69) is 15.9 Å². The number of hydrogen-bond acceptors (Lipinski definition) is 4. The summed E-state index contributed by atoms with van der Waals surface area (Å²) in [5.74, 6) is 0.